The predicted octanol–water partition coefficient (Wildman–Crippen LogP) is 3.08. The Balaban J connectivity index is 1.95. The highest BCUT2D eigenvalue weighted by Gasteiger charge is 2.17. The van der Waals surface area contributed by atoms with Crippen LogP contribution in [0.4, 0.5) is 0 Å². The Labute approximate surface area is 156 Å². The Kier molecular flexibility index (Phi) is 6.69. The van der Waals surface area contributed by atoms with Crippen molar-refractivity contribution in [3.8, 4) is 0 Å². The Bertz CT molecular complexity index is 847. The minimum absolute atomic E-state index is 0.198. The number of amides is 1. The SMILES string of the molecule is Cc1ccc([C@H](C)NC(=O)COC(=O)c2ccccc2[S@](C)=O)cc1C. The molecule has 1 amide bonds. The second kappa shape index (κ2) is 8.76. The first-order valence-electron chi connectivity index (χ1n) is 8.25. The number of hydrogen-bond donors (Lipinski definition) is 1. The first-order chi connectivity index (χ1) is 12.3. The lowest BCUT2D eigenvalue weighted by Crippen LogP contribution is -2.31. The molecule has 1 N–H and O–H groups in total. The molecule has 0 saturated carbocycles. The largest absolute Gasteiger partial charge is 0.452 e. The molecule has 0 aliphatic rings. The molecule has 0 aliphatic heterocycles. The van der Waals surface area contributed by atoms with Crippen LogP contribution in [-0.4, -0.2) is 28.9 Å². The lowest BCUT2D eigenvalue weighted by atomic mass is 10.0. The summed E-state index contributed by atoms with van der Waals surface area (Å²) in [6, 6.07) is 12.3. The summed E-state index contributed by atoms with van der Waals surface area (Å²) in [6.07, 6.45) is 1.49. The third kappa shape index (κ3) is 5.02. The van der Waals surface area contributed by atoms with Gasteiger partial charge in [-0.1, -0.05) is 30.3 Å². The second-order valence-corrected chi connectivity index (χ2v) is 7.51. The number of ether oxygens (including phenoxy) is 1. The first kappa shape index (κ1) is 19.8. The van der Waals surface area contributed by atoms with E-state index in [0.29, 0.717) is 4.90 Å². The highest BCUT2D eigenvalue weighted by atomic mass is 32.2. The van der Waals surface area contributed by atoms with Crippen LogP contribution in [0.15, 0.2) is 47.4 Å². The molecule has 2 aromatic rings. The van der Waals surface area contributed by atoms with E-state index in [1.54, 1.807) is 18.2 Å². The summed E-state index contributed by atoms with van der Waals surface area (Å²) < 4.78 is 16.8. The van der Waals surface area contributed by atoms with Gasteiger partial charge >= 0.3 is 5.97 Å². The maximum absolute atomic E-state index is 12.2. The summed E-state index contributed by atoms with van der Waals surface area (Å²) in [5.41, 5.74) is 3.54. The normalized spacial score (nSPS) is 12.9. The van der Waals surface area contributed by atoms with Crippen molar-refractivity contribution in [2.75, 3.05) is 12.9 Å². The van der Waals surface area contributed by atoms with E-state index < -0.39 is 23.4 Å². The van der Waals surface area contributed by atoms with Gasteiger partial charge in [-0.05, 0) is 49.6 Å². The van der Waals surface area contributed by atoms with Gasteiger partial charge in [-0.15, -0.1) is 0 Å². The maximum Gasteiger partial charge on any atom is 0.339 e. The van der Waals surface area contributed by atoms with Gasteiger partial charge in [-0.2, -0.15) is 0 Å². The lowest BCUT2D eigenvalue weighted by Gasteiger charge is -2.16. The molecule has 0 aliphatic carbocycles. The number of benzene rings is 2. The van der Waals surface area contributed by atoms with Crippen LogP contribution in [-0.2, 0) is 20.3 Å². The number of aryl methyl sites for hydroxylation is 2. The molecule has 6 heteroatoms. The number of carbonyl (C=O) groups excluding carboxylic acids is 2. The van der Waals surface area contributed by atoms with E-state index in [-0.39, 0.29) is 17.5 Å². The van der Waals surface area contributed by atoms with Gasteiger partial charge in [0, 0.05) is 6.26 Å². The van der Waals surface area contributed by atoms with Gasteiger partial charge in [-0.3, -0.25) is 9.00 Å². The van der Waals surface area contributed by atoms with Gasteiger partial charge in [0.2, 0.25) is 0 Å². The van der Waals surface area contributed by atoms with Crippen LogP contribution in [0.5, 0.6) is 0 Å². The van der Waals surface area contributed by atoms with Crippen LogP contribution in [0.3, 0.4) is 0 Å². The number of rotatable bonds is 6. The molecule has 26 heavy (non-hydrogen) atoms. The monoisotopic (exact) mass is 373 g/mol. The minimum Gasteiger partial charge on any atom is -0.452 e. The van der Waals surface area contributed by atoms with Crippen LogP contribution in [0.2, 0.25) is 0 Å². The highest BCUT2D eigenvalue weighted by molar-refractivity contribution is 7.84. The van der Waals surface area contributed by atoms with Gasteiger partial charge < -0.3 is 10.1 Å². The molecule has 138 valence electrons. The van der Waals surface area contributed by atoms with Gasteiger partial charge in [0.05, 0.1) is 27.3 Å². The fourth-order valence-corrected chi connectivity index (χ4v) is 3.23. The van der Waals surface area contributed by atoms with Crippen molar-refractivity contribution in [3.63, 3.8) is 0 Å². The lowest BCUT2D eigenvalue weighted by molar-refractivity contribution is -0.124. The Morgan fingerprint density at radius 3 is 2.46 bits per heavy atom. The molecule has 0 bridgehead atoms. The van der Waals surface area contributed by atoms with Crippen LogP contribution < -0.4 is 5.32 Å². The summed E-state index contributed by atoms with van der Waals surface area (Å²) in [5, 5.41) is 2.81. The van der Waals surface area contributed by atoms with Crippen molar-refractivity contribution in [2.45, 2.75) is 31.7 Å². The molecular weight excluding hydrogens is 350 g/mol. The van der Waals surface area contributed by atoms with Gasteiger partial charge in [0.1, 0.15) is 0 Å². The van der Waals surface area contributed by atoms with Crippen molar-refractivity contribution >= 4 is 22.7 Å². The fourth-order valence-electron chi connectivity index (χ4n) is 2.50. The number of carbonyl (C=O) groups is 2. The highest BCUT2D eigenvalue weighted by Crippen LogP contribution is 2.17. The molecular formula is C20H23NO4S. The average Bonchev–Trinajstić information content (AvgIpc) is 2.61. The molecule has 2 rings (SSSR count). The van der Waals surface area contributed by atoms with Crippen LogP contribution in [0, 0.1) is 13.8 Å². The van der Waals surface area contributed by atoms with E-state index in [1.807, 2.05) is 39.0 Å². The zero-order chi connectivity index (χ0) is 19.3. The molecule has 0 spiro atoms. The van der Waals surface area contributed by atoms with E-state index in [4.69, 9.17) is 4.74 Å². The summed E-state index contributed by atoms with van der Waals surface area (Å²) in [6.45, 7) is 5.53. The number of nitrogens with one attached hydrogen (secondary N) is 1. The third-order valence-electron chi connectivity index (χ3n) is 4.16. The van der Waals surface area contributed by atoms with E-state index >= 15 is 0 Å². The summed E-state index contributed by atoms with van der Waals surface area (Å²) in [7, 11) is -1.32. The average molecular weight is 373 g/mol. The topological polar surface area (TPSA) is 72.5 Å². The van der Waals surface area contributed by atoms with Crippen LogP contribution in [0.25, 0.3) is 0 Å². The maximum atomic E-state index is 12.2. The van der Waals surface area contributed by atoms with Crippen molar-refractivity contribution < 1.29 is 18.5 Å². The predicted molar refractivity (Wildman–Crippen MR) is 102 cm³/mol. The molecule has 5 nitrogen and oxygen atoms in total. The van der Waals surface area contributed by atoms with Crippen molar-refractivity contribution in [1.29, 1.82) is 0 Å². The fraction of sp³-hybridized carbons (Fsp3) is 0.300. The van der Waals surface area contributed by atoms with Crippen molar-refractivity contribution in [3.05, 3.63) is 64.7 Å². The quantitative estimate of drug-likeness (QED) is 0.790. The van der Waals surface area contributed by atoms with E-state index in [9.17, 15) is 13.8 Å². The van der Waals surface area contributed by atoms with E-state index in [2.05, 4.69) is 5.32 Å². The molecule has 0 fully saturated rings. The van der Waals surface area contributed by atoms with E-state index in [0.717, 1.165) is 11.1 Å². The third-order valence-corrected chi connectivity index (χ3v) is 5.13. The van der Waals surface area contributed by atoms with Crippen molar-refractivity contribution in [1.82, 2.24) is 5.32 Å². The smallest absolute Gasteiger partial charge is 0.339 e. The molecule has 0 aromatic heterocycles. The molecule has 2 aromatic carbocycles. The molecule has 0 unspecified atom stereocenters. The Hall–Kier alpha value is -2.47. The van der Waals surface area contributed by atoms with Gasteiger partial charge in [0.25, 0.3) is 5.91 Å². The molecule has 0 saturated heterocycles. The molecule has 0 heterocycles. The number of hydrogen-bond acceptors (Lipinski definition) is 4. The molecule has 0 radical (unpaired) electrons. The van der Waals surface area contributed by atoms with Gasteiger partial charge in [0.15, 0.2) is 6.61 Å². The summed E-state index contributed by atoms with van der Waals surface area (Å²) in [5.74, 6) is -1.05. The number of esters is 1. The standard InChI is InChI=1S/C20H23NO4S/c1-13-9-10-16(11-14(13)2)15(3)21-19(22)12-25-20(23)17-7-5-6-8-18(17)26(4)24/h5-11,15H,12H2,1-4H3,(H,21,22)/t15-,26-/m0/s1. The zero-order valence-corrected chi connectivity index (χ0v) is 16.2. The first-order valence-corrected chi connectivity index (χ1v) is 9.81. The van der Waals surface area contributed by atoms with E-state index in [1.165, 1.54) is 17.9 Å². The Morgan fingerprint density at radius 2 is 1.81 bits per heavy atom. The minimum atomic E-state index is -1.32. The summed E-state index contributed by atoms with van der Waals surface area (Å²) >= 11 is 0. The van der Waals surface area contributed by atoms with Gasteiger partial charge in [-0.25, -0.2) is 4.79 Å². The molecule has 2 atom stereocenters. The van der Waals surface area contributed by atoms with Crippen LogP contribution >= 0.6 is 0 Å². The summed E-state index contributed by atoms with van der Waals surface area (Å²) in [4.78, 5) is 24.7. The Morgan fingerprint density at radius 1 is 1.12 bits per heavy atom. The second-order valence-electron chi connectivity index (χ2n) is 6.16. The van der Waals surface area contributed by atoms with Crippen molar-refractivity contribution in [2.24, 2.45) is 0 Å². The zero-order valence-electron chi connectivity index (χ0n) is 15.4. The van der Waals surface area contributed by atoms with Crippen LogP contribution in [0.1, 0.15) is 40.0 Å².